The molecule has 0 fully saturated rings. The van der Waals surface area contributed by atoms with Crippen molar-refractivity contribution in [3.8, 4) is 11.6 Å². The third-order valence-corrected chi connectivity index (χ3v) is 2.43. The highest BCUT2D eigenvalue weighted by molar-refractivity contribution is 7.25. The quantitative estimate of drug-likeness (QED) is 0.890. The molecule has 0 bridgehead atoms. The SMILES string of the molecule is O=c1cc(CO)occ1Oc1cco[p+](=O)n1. The van der Waals surface area contributed by atoms with Crippen molar-refractivity contribution in [2.24, 2.45) is 0 Å². The fourth-order valence-corrected chi connectivity index (χ4v) is 1.52. The number of hydrogen-bond donors (Lipinski definition) is 1. The van der Waals surface area contributed by atoms with Gasteiger partial charge in [0.15, 0.2) is 6.26 Å². The molecule has 17 heavy (non-hydrogen) atoms. The van der Waals surface area contributed by atoms with E-state index in [0.717, 1.165) is 18.6 Å². The predicted octanol–water partition coefficient (Wildman–Crippen LogP) is 1.65. The standard InChI is InChI=1S/C9H7NO6P/c11-4-6-3-7(12)8(5-14-6)16-9-1-2-15-17(13)10-9/h1-3,5,11H,4H2/q+1. The number of aliphatic hydroxyl groups excluding tert-OH is 1. The molecule has 1 N–H and O–H groups in total. The first-order valence-corrected chi connectivity index (χ1v) is 5.61. The van der Waals surface area contributed by atoms with Crippen molar-refractivity contribution in [2.75, 3.05) is 0 Å². The Hall–Kier alpha value is -1.98. The molecule has 1 unspecified atom stereocenters. The largest absolute Gasteiger partial charge is 0.723 e. The van der Waals surface area contributed by atoms with Crippen LogP contribution in [0, 0.1) is 0 Å². The molecule has 0 saturated heterocycles. The molecule has 0 saturated carbocycles. The maximum absolute atomic E-state index is 11.5. The van der Waals surface area contributed by atoms with Gasteiger partial charge in [-0.15, -0.1) is 0 Å². The minimum atomic E-state index is -2.19. The highest BCUT2D eigenvalue weighted by Crippen LogP contribution is 2.19. The normalized spacial score (nSPS) is 11.2. The molecule has 2 heterocycles. The van der Waals surface area contributed by atoms with Gasteiger partial charge in [0.2, 0.25) is 11.2 Å². The molecule has 0 aliphatic carbocycles. The third-order valence-electron chi connectivity index (χ3n) is 1.76. The van der Waals surface area contributed by atoms with Crippen molar-refractivity contribution >= 4 is 7.81 Å². The fraction of sp³-hybridized carbons (Fsp3) is 0.111. The zero-order valence-electron chi connectivity index (χ0n) is 8.40. The molecular weight excluding hydrogens is 249 g/mol. The monoisotopic (exact) mass is 256 g/mol. The predicted molar refractivity (Wildman–Crippen MR) is 55.1 cm³/mol. The van der Waals surface area contributed by atoms with Crippen LogP contribution in [0.2, 0.25) is 0 Å². The molecule has 0 aromatic carbocycles. The Morgan fingerprint density at radius 3 is 3.00 bits per heavy atom. The Balaban J connectivity index is 2.31. The summed E-state index contributed by atoms with van der Waals surface area (Å²) in [6, 6.07) is 2.41. The Labute approximate surface area is 95.2 Å². The van der Waals surface area contributed by atoms with Gasteiger partial charge in [0.25, 0.3) is 5.88 Å². The third kappa shape index (κ3) is 2.77. The average molecular weight is 256 g/mol. The molecule has 2 aromatic heterocycles. The summed E-state index contributed by atoms with van der Waals surface area (Å²) in [5.41, 5.74) is -0.474. The topological polar surface area (TPSA) is 103 Å². The maximum Gasteiger partial charge on any atom is 0.723 e. The van der Waals surface area contributed by atoms with Gasteiger partial charge >= 0.3 is 7.81 Å². The minimum absolute atomic E-state index is 0.0126. The van der Waals surface area contributed by atoms with Gasteiger partial charge in [-0.2, -0.15) is 0 Å². The van der Waals surface area contributed by atoms with Crippen molar-refractivity contribution in [3.63, 3.8) is 0 Å². The van der Waals surface area contributed by atoms with E-state index in [4.69, 9.17) is 14.3 Å². The van der Waals surface area contributed by atoms with E-state index in [2.05, 4.69) is 8.94 Å². The molecule has 2 aromatic rings. The molecule has 0 aliphatic heterocycles. The van der Waals surface area contributed by atoms with Crippen LogP contribution in [-0.4, -0.2) is 9.85 Å². The van der Waals surface area contributed by atoms with E-state index in [0.29, 0.717) is 0 Å². The van der Waals surface area contributed by atoms with E-state index in [1.54, 1.807) is 0 Å². The lowest BCUT2D eigenvalue weighted by Gasteiger charge is -2.00. The summed E-state index contributed by atoms with van der Waals surface area (Å²) < 4.78 is 29.0. The number of aromatic nitrogens is 1. The Morgan fingerprint density at radius 1 is 1.53 bits per heavy atom. The smallest absolute Gasteiger partial charge is 0.463 e. The zero-order valence-corrected chi connectivity index (χ0v) is 9.29. The summed E-state index contributed by atoms with van der Waals surface area (Å²) >= 11 is 0. The van der Waals surface area contributed by atoms with Crippen LogP contribution in [0.3, 0.4) is 0 Å². The first kappa shape index (κ1) is 11.5. The minimum Gasteiger partial charge on any atom is -0.463 e. The molecule has 0 aliphatic rings. The number of nitrogens with zero attached hydrogens (tertiary/aromatic N) is 1. The molecule has 1 atom stereocenters. The Bertz CT molecular complexity index is 634. The second-order valence-electron chi connectivity index (χ2n) is 2.92. The van der Waals surface area contributed by atoms with Crippen molar-refractivity contribution in [2.45, 2.75) is 6.61 Å². The van der Waals surface area contributed by atoms with Crippen LogP contribution in [0.5, 0.6) is 11.6 Å². The van der Waals surface area contributed by atoms with Gasteiger partial charge < -0.3 is 14.3 Å². The van der Waals surface area contributed by atoms with Crippen LogP contribution >= 0.6 is 7.81 Å². The van der Waals surface area contributed by atoms with Crippen LogP contribution in [0.15, 0.2) is 38.1 Å². The van der Waals surface area contributed by atoms with Gasteiger partial charge in [0.1, 0.15) is 18.6 Å². The van der Waals surface area contributed by atoms with Gasteiger partial charge in [-0.05, 0) is 0 Å². The highest BCUT2D eigenvalue weighted by Gasteiger charge is 2.11. The summed E-state index contributed by atoms with van der Waals surface area (Å²) in [6.45, 7) is -0.379. The van der Waals surface area contributed by atoms with Gasteiger partial charge in [0, 0.05) is 16.7 Å². The molecule has 8 heteroatoms. The van der Waals surface area contributed by atoms with E-state index in [-0.39, 0.29) is 24.0 Å². The van der Waals surface area contributed by atoms with Gasteiger partial charge in [-0.25, -0.2) is 4.20 Å². The van der Waals surface area contributed by atoms with E-state index in [9.17, 15) is 9.36 Å². The summed E-state index contributed by atoms with van der Waals surface area (Å²) in [6.07, 6.45) is 2.21. The van der Waals surface area contributed by atoms with Gasteiger partial charge in [-0.3, -0.25) is 4.79 Å². The van der Waals surface area contributed by atoms with Crippen molar-refractivity contribution in [1.82, 2.24) is 4.75 Å². The lowest BCUT2D eigenvalue weighted by Crippen LogP contribution is -2.04. The van der Waals surface area contributed by atoms with Crippen LogP contribution in [0.25, 0.3) is 0 Å². The van der Waals surface area contributed by atoms with Crippen LogP contribution in [0.1, 0.15) is 5.76 Å². The highest BCUT2D eigenvalue weighted by atomic mass is 31.1. The van der Waals surface area contributed by atoms with Crippen LogP contribution < -0.4 is 10.2 Å². The molecular formula is C9H7NO6P+. The number of ether oxygens (including phenoxy) is 1. The summed E-state index contributed by atoms with van der Waals surface area (Å²) in [5.74, 6) is -0.00445. The van der Waals surface area contributed by atoms with Crippen LogP contribution in [0.4, 0.5) is 0 Å². The number of rotatable bonds is 3. The van der Waals surface area contributed by atoms with Crippen molar-refractivity contribution in [3.05, 3.63) is 40.6 Å². The summed E-state index contributed by atoms with van der Waals surface area (Å²) in [4.78, 5) is 11.5. The number of hydrogen-bond acceptors (Lipinski definition) is 7. The van der Waals surface area contributed by atoms with E-state index in [1.807, 2.05) is 0 Å². The zero-order chi connectivity index (χ0) is 12.3. The second kappa shape index (κ2) is 4.90. The first-order chi connectivity index (χ1) is 8.19. The van der Waals surface area contributed by atoms with E-state index in [1.165, 1.54) is 6.07 Å². The van der Waals surface area contributed by atoms with Crippen LogP contribution in [-0.2, 0) is 11.2 Å². The summed E-state index contributed by atoms with van der Waals surface area (Å²) in [7, 11) is -2.19. The van der Waals surface area contributed by atoms with Crippen molar-refractivity contribution in [1.29, 1.82) is 0 Å². The Kier molecular flexibility index (Phi) is 3.32. The maximum atomic E-state index is 11.5. The molecule has 7 nitrogen and oxygen atoms in total. The number of aliphatic hydroxyl groups is 1. The fourth-order valence-electron chi connectivity index (χ4n) is 1.04. The average Bonchev–Trinajstić information content (AvgIpc) is 2.32. The molecule has 0 radical (unpaired) electrons. The van der Waals surface area contributed by atoms with E-state index >= 15 is 0 Å². The second-order valence-corrected chi connectivity index (χ2v) is 3.81. The molecule has 0 spiro atoms. The summed E-state index contributed by atoms with van der Waals surface area (Å²) in [5, 5.41) is 8.75. The molecule has 88 valence electrons. The van der Waals surface area contributed by atoms with E-state index < -0.39 is 13.2 Å². The molecule has 2 rings (SSSR count). The molecule has 0 amide bonds. The lowest BCUT2D eigenvalue weighted by atomic mass is 10.4. The lowest BCUT2D eigenvalue weighted by molar-refractivity contribution is 0.241. The van der Waals surface area contributed by atoms with Gasteiger partial charge in [0.05, 0.1) is 4.75 Å². The Morgan fingerprint density at radius 2 is 2.35 bits per heavy atom. The van der Waals surface area contributed by atoms with Gasteiger partial charge in [-0.1, -0.05) is 0 Å². The first-order valence-electron chi connectivity index (χ1n) is 4.48. The van der Waals surface area contributed by atoms with Crippen molar-refractivity contribution < 1.29 is 23.0 Å².